The SMILES string of the molecule is c1ccc(-c2ccc(-c3ccc(N(c4ccc(-c5ccc6oc7ccccc7c6c5)cc4)c4ccc5c(c4)C4(c6ccccc6-c6ccccc64)c4ccccc4-5)cc3)cc2)cc1. The summed E-state index contributed by atoms with van der Waals surface area (Å²) in [4.78, 5) is 2.42. The molecule has 0 N–H and O–H groups in total. The Balaban J connectivity index is 0.954. The van der Waals surface area contributed by atoms with Crippen molar-refractivity contribution in [1.29, 1.82) is 0 Å². The lowest BCUT2D eigenvalue weighted by Crippen LogP contribution is -2.26. The first-order valence-corrected chi connectivity index (χ1v) is 21.7. The van der Waals surface area contributed by atoms with Gasteiger partial charge in [-0.15, -0.1) is 0 Å². The van der Waals surface area contributed by atoms with Crippen molar-refractivity contribution >= 4 is 39.0 Å². The van der Waals surface area contributed by atoms with E-state index in [1.165, 1.54) is 66.8 Å². The van der Waals surface area contributed by atoms with Crippen molar-refractivity contribution in [3.05, 3.63) is 259 Å². The first-order valence-electron chi connectivity index (χ1n) is 21.7. The van der Waals surface area contributed by atoms with Crippen LogP contribution in [0.3, 0.4) is 0 Å². The fourth-order valence-corrected chi connectivity index (χ4v) is 10.7. The van der Waals surface area contributed by atoms with Crippen LogP contribution in [0.2, 0.25) is 0 Å². The van der Waals surface area contributed by atoms with Crippen LogP contribution >= 0.6 is 0 Å². The summed E-state index contributed by atoms with van der Waals surface area (Å²) in [5, 5.41) is 2.27. The van der Waals surface area contributed by atoms with E-state index in [0.717, 1.165) is 50.1 Å². The highest BCUT2D eigenvalue weighted by Crippen LogP contribution is 2.63. The average Bonchev–Trinajstić information content (AvgIpc) is 3.99. The van der Waals surface area contributed by atoms with Crippen molar-refractivity contribution in [3.63, 3.8) is 0 Å². The Kier molecular flexibility index (Phi) is 7.85. The van der Waals surface area contributed by atoms with Crippen LogP contribution in [0.5, 0.6) is 0 Å². The summed E-state index contributed by atoms with van der Waals surface area (Å²) in [7, 11) is 0. The number of nitrogens with zero attached hydrogens (tertiary/aromatic N) is 1. The molecule has 0 atom stereocenters. The highest BCUT2D eigenvalue weighted by molar-refractivity contribution is 6.06. The van der Waals surface area contributed by atoms with Gasteiger partial charge in [0.2, 0.25) is 0 Å². The monoisotopic (exact) mass is 801 g/mol. The van der Waals surface area contributed by atoms with Crippen LogP contribution in [0.1, 0.15) is 22.3 Å². The Morgan fingerprint density at radius 3 is 1.27 bits per heavy atom. The van der Waals surface area contributed by atoms with Gasteiger partial charge in [0.1, 0.15) is 11.2 Å². The van der Waals surface area contributed by atoms with Gasteiger partial charge in [-0.3, -0.25) is 0 Å². The van der Waals surface area contributed by atoms with Crippen molar-refractivity contribution < 1.29 is 4.42 Å². The average molecular weight is 802 g/mol. The standard InChI is InChI=1S/C61H39NO/c1-2-12-40(13-3-1)41-22-24-42(25-23-41)43-26-31-46(32-27-43)62(47-33-28-44(29-34-47)45-30-37-60-54(38-45)53-17-7-11-21-59(53)63-60)48-35-36-52-51-16-6-10-20-57(51)61(58(52)39-48)55-18-8-4-14-49(55)50-15-5-9-19-56(50)61/h1-39H. The van der Waals surface area contributed by atoms with Crippen LogP contribution in [-0.2, 0) is 5.41 Å². The molecule has 2 heteroatoms. The third kappa shape index (κ3) is 5.38. The van der Waals surface area contributed by atoms with Gasteiger partial charge in [0.25, 0.3) is 0 Å². The summed E-state index contributed by atoms with van der Waals surface area (Å²) in [6, 6.07) is 86.6. The van der Waals surface area contributed by atoms with Gasteiger partial charge in [-0.05, 0) is 132 Å². The predicted octanol–water partition coefficient (Wildman–Crippen LogP) is 16.4. The molecule has 0 bridgehead atoms. The summed E-state index contributed by atoms with van der Waals surface area (Å²) in [6.45, 7) is 0. The molecule has 0 radical (unpaired) electrons. The highest BCUT2D eigenvalue weighted by atomic mass is 16.3. The molecule has 2 aliphatic carbocycles. The molecule has 1 spiro atoms. The fraction of sp³-hybridized carbons (Fsp3) is 0.0164. The number of fused-ring (bicyclic) bond motifs is 13. The summed E-state index contributed by atoms with van der Waals surface area (Å²) in [5.41, 5.74) is 22.3. The van der Waals surface area contributed by atoms with E-state index in [2.05, 4.69) is 229 Å². The Labute approximate surface area is 366 Å². The van der Waals surface area contributed by atoms with Crippen LogP contribution in [-0.4, -0.2) is 0 Å². The minimum atomic E-state index is -0.434. The molecule has 0 aliphatic heterocycles. The van der Waals surface area contributed by atoms with E-state index in [9.17, 15) is 0 Å². The molecule has 2 aliphatic rings. The Hall–Kier alpha value is -8.20. The van der Waals surface area contributed by atoms with Crippen LogP contribution in [0, 0.1) is 0 Å². The smallest absolute Gasteiger partial charge is 0.135 e. The van der Waals surface area contributed by atoms with E-state index < -0.39 is 5.41 Å². The van der Waals surface area contributed by atoms with Gasteiger partial charge in [-0.25, -0.2) is 0 Å². The lowest BCUT2D eigenvalue weighted by Gasteiger charge is -2.32. The molecule has 294 valence electrons. The zero-order valence-corrected chi connectivity index (χ0v) is 34.4. The second-order valence-electron chi connectivity index (χ2n) is 16.8. The summed E-state index contributed by atoms with van der Waals surface area (Å²) in [5.74, 6) is 0. The molecule has 0 amide bonds. The molecule has 63 heavy (non-hydrogen) atoms. The third-order valence-electron chi connectivity index (χ3n) is 13.5. The second kappa shape index (κ2) is 13.9. The molecule has 1 heterocycles. The molecule has 0 unspecified atom stereocenters. The maximum Gasteiger partial charge on any atom is 0.135 e. The van der Waals surface area contributed by atoms with E-state index in [1.54, 1.807) is 0 Å². The van der Waals surface area contributed by atoms with Gasteiger partial charge in [0, 0.05) is 27.8 Å². The lowest BCUT2D eigenvalue weighted by atomic mass is 9.70. The van der Waals surface area contributed by atoms with E-state index in [-0.39, 0.29) is 0 Å². The molecule has 13 rings (SSSR count). The summed E-state index contributed by atoms with van der Waals surface area (Å²) < 4.78 is 6.17. The quantitative estimate of drug-likeness (QED) is 0.167. The van der Waals surface area contributed by atoms with E-state index in [1.807, 2.05) is 12.1 Å². The van der Waals surface area contributed by atoms with Crippen molar-refractivity contribution in [2.45, 2.75) is 5.41 Å². The van der Waals surface area contributed by atoms with Crippen molar-refractivity contribution in [3.8, 4) is 55.6 Å². The van der Waals surface area contributed by atoms with Gasteiger partial charge in [-0.2, -0.15) is 0 Å². The molecule has 2 nitrogen and oxygen atoms in total. The molecule has 0 fully saturated rings. The number of hydrogen-bond acceptors (Lipinski definition) is 2. The van der Waals surface area contributed by atoms with Crippen molar-refractivity contribution in [2.75, 3.05) is 4.90 Å². The van der Waals surface area contributed by atoms with E-state index in [0.29, 0.717) is 0 Å². The molecular weight excluding hydrogens is 763 g/mol. The van der Waals surface area contributed by atoms with Gasteiger partial charge in [0.05, 0.1) is 5.41 Å². The first kappa shape index (κ1) is 35.5. The number of hydrogen-bond donors (Lipinski definition) is 0. The molecule has 0 saturated carbocycles. The van der Waals surface area contributed by atoms with Crippen LogP contribution in [0.25, 0.3) is 77.6 Å². The van der Waals surface area contributed by atoms with Gasteiger partial charge in [0.15, 0.2) is 0 Å². The summed E-state index contributed by atoms with van der Waals surface area (Å²) >= 11 is 0. The minimum absolute atomic E-state index is 0.434. The number of anilines is 3. The zero-order valence-electron chi connectivity index (χ0n) is 34.4. The van der Waals surface area contributed by atoms with Gasteiger partial charge in [-0.1, -0.05) is 182 Å². The molecular formula is C61H39NO. The van der Waals surface area contributed by atoms with Crippen molar-refractivity contribution in [2.24, 2.45) is 0 Å². The summed E-state index contributed by atoms with van der Waals surface area (Å²) in [6.07, 6.45) is 0. The first-order chi connectivity index (χ1) is 31.2. The largest absolute Gasteiger partial charge is 0.456 e. The maximum absolute atomic E-state index is 6.17. The minimum Gasteiger partial charge on any atom is -0.456 e. The Morgan fingerprint density at radius 1 is 0.270 bits per heavy atom. The fourth-order valence-electron chi connectivity index (χ4n) is 10.7. The van der Waals surface area contributed by atoms with Crippen LogP contribution in [0.15, 0.2) is 241 Å². The van der Waals surface area contributed by atoms with Gasteiger partial charge < -0.3 is 9.32 Å². The molecule has 10 aromatic carbocycles. The lowest BCUT2D eigenvalue weighted by molar-refractivity contribution is 0.669. The molecule has 11 aromatic rings. The second-order valence-corrected chi connectivity index (χ2v) is 16.8. The number of rotatable bonds is 6. The molecule has 1 aromatic heterocycles. The van der Waals surface area contributed by atoms with Crippen molar-refractivity contribution in [1.82, 2.24) is 0 Å². The Bertz CT molecular complexity index is 3480. The van der Waals surface area contributed by atoms with E-state index >= 15 is 0 Å². The maximum atomic E-state index is 6.17. The van der Waals surface area contributed by atoms with Crippen LogP contribution in [0.4, 0.5) is 17.1 Å². The Morgan fingerprint density at radius 2 is 0.683 bits per heavy atom. The molecule has 0 saturated heterocycles. The number of furan rings is 1. The van der Waals surface area contributed by atoms with Crippen LogP contribution < -0.4 is 4.90 Å². The normalized spacial score (nSPS) is 12.9. The topological polar surface area (TPSA) is 16.4 Å². The number of para-hydroxylation sites is 1. The third-order valence-corrected chi connectivity index (χ3v) is 13.5. The number of benzene rings is 10. The van der Waals surface area contributed by atoms with Gasteiger partial charge >= 0.3 is 0 Å². The zero-order chi connectivity index (χ0) is 41.5. The highest BCUT2D eigenvalue weighted by Gasteiger charge is 2.51. The predicted molar refractivity (Wildman–Crippen MR) is 261 cm³/mol. The van der Waals surface area contributed by atoms with E-state index in [4.69, 9.17) is 4.42 Å².